The van der Waals surface area contributed by atoms with Crippen molar-refractivity contribution in [2.24, 2.45) is 0 Å². The molecule has 1 aliphatic rings. The molecule has 3 atom stereocenters. The van der Waals surface area contributed by atoms with E-state index in [2.05, 4.69) is 15.8 Å². The Morgan fingerprint density at radius 1 is 1.24 bits per heavy atom. The number of carboxylic acids is 1. The second-order valence-corrected chi connectivity index (χ2v) is 8.50. The van der Waals surface area contributed by atoms with Crippen LogP contribution in [0.1, 0.15) is 51.4 Å². The van der Waals surface area contributed by atoms with Crippen LogP contribution >= 0.6 is 0 Å². The van der Waals surface area contributed by atoms with Gasteiger partial charge in [0.05, 0.1) is 24.8 Å². The minimum atomic E-state index is -0.984. The summed E-state index contributed by atoms with van der Waals surface area (Å²) < 4.78 is 11.7. The molecular formula is C25H33N3O5. The second-order valence-electron chi connectivity index (χ2n) is 8.50. The number of aryl methyl sites for hydroxylation is 1. The van der Waals surface area contributed by atoms with Crippen molar-refractivity contribution in [3.8, 4) is 11.3 Å². The highest BCUT2D eigenvalue weighted by atomic mass is 16.5. The summed E-state index contributed by atoms with van der Waals surface area (Å²) in [5.41, 5.74) is 3.12. The Morgan fingerprint density at radius 3 is 2.55 bits per heavy atom. The molecule has 0 spiro atoms. The number of aliphatic carboxylic acids is 1. The van der Waals surface area contributed by atoms with E-state index in [1.54, 1.807) is 6.08 Å². The first-order valence-electron chi connectivity index (χ1n) is 11.4. The van der Waals surface area contributed by atoms with Crippen molar-refractivity contribution in [1.29, 1.82) is 0 Å². The summed E-state index contributed by atoms with van der Waals surface area (Å²) in [7, 11) is 0. The van der Waals surface area contributed by atoms with Crippen LogP contribution < -0.4 is 10.6 Å². The maximum Gasteiger partial charge on any atom is 0.331 e. The number of nitrogens with zero attached hydrogens (tertiary/aromatic N) is 1. The zero-order valence-corrected chi connectivity index (χ0v) is 19.6. The van der Waals surface area contributed by atoms with Gasteiger partial charge in [0.2, 0.25) is 5.91 Å². The average molecular weight is 456 g/mol. The van der Waals surface area contributed by atoms with E-state index in [-0.39, 0.29) is 30.0 Å². The smallest absolute Gasteiger partial charge is 0.331 e. The summed E-state index contributed by atoms with van der Waals surface area (Å²) in [4.78, 5) is 23.7. The van der Waals surface area contributed by atoms with Gasteiger partial charge < -0.3 is 25.0 Å². The van der Waals surface area contributed by atoms with Crippen LogP contribution in [0.15, 0.2) is 46.5 Å². The van der Waals surface area contributed by atoms with Gasteiger partial charge in [0.15, 0.2) is 5.76 Å². The highest BCUT2D eigenvalue weighted by Crippen LogP contribution is 2.25. The fourth-order valence-corrected chi connectivity index (χ4v) is 4.05. The number of aromatic nitrogens is 1. The van der Waals surface area contributed by atoms with Gasteiger partial charge in [-0.1, -0.05) is 48.8 Å². The van der Waals surface area contributed by atoms with Crippen molar-refractivity contribution < 1.29 is 24.0 Å². The molecule has 33 heavy (non-hydrogen) atoms. The van der Waals surface area contributed by atoms with E-state index >= 15 is 0 Å². The summed E-state index contributed by atoms with van der Waals surface area (Å²) in [6.07, 6.45) is 2.91. The van der Waals surface area contributed by atoms with Crippen molar-refractivity contribution >= 4 is 11.9 Å². The highest BCUT2D eigenvalue weighted by Gasteiger charge is 2.37. The SMILES string of the molecule is CCC(CC)O[C@@H]1C=C(C(=O)O)C[C@H](NCc2cc(-c3ccc(C)cc3)no2)[C@H]1NC(C)=O. The molecular weight excluding hydrogens is 422 g/mol. The molecule has 0 saturated heterocycles. The molecule has 3 rings (SSSR count). The quantitative estimate of drug-likeness (QED) is 0.502. The van der Waals surface area contributed by atoms with E-state index in [4.69, 9.17) is 9.26 Å². The maximum absolute atomic E-state index is 11.9. The van der Waals surface area contributed by atoms with Crippen LogP contribution in [0, 0.1) is 6.92 Å². The van der Waals surface area contributed by atoms with E-state index in [0.717, 1.165) is 29.7 Å². The van der Waals surface area contributed by atoms with Gasteiger partial charge in [-0.15, -0.1) is 0 Å². The van der Waals surface area contributed by atoms with Crippen LogP contribution in [-0.2, 0) is 20.9 Å². The molecule has 178 valence electrons. The first-order chi connectivity index (χ1) is 15.8. The number of hydrogen-bond acceptors (Lipinski definition) is 6. The van der Waals surface area contributed by atoms with Gasteiger partial charge in [0.25, 0.3) is 0 Å². The Balaban J connectivity index is 1.77. The summed E-state index contributed by atoms with van der Waals surface area (Å²) in [5.74, 6) is -0.558. The molecule has 0 aliphatic heterocycles. The van der Waals surface area contributed by atoms with Crippen LogP contribution in [0.5, 0.6) is 0 Å². The summed E-state index contributed by atoms with van der Waals surface area (Å²) in [6, 6.07) is 9.11. The van der Waals surface area contributed by atoms with Gasteiger partial charge in [-0.3, -0.25) is 4.79 Å². The zero-order valence-electron chi connectivity index (χ0n) is 19.6. The fourth-order valence-electron chi connectivity index (χ4n) is 4.05. The monoisotopic (exact) mass is 455 g/mol. The molecule has 1 heterocycles. The van der Waals surface area contributed by atoms with Crippen LogP contribution in [0.4, 0.5) is 0 Å². The summed E-state index contributed by atoms with van der Waals surface area (Å²) in [6.45, 7) is 7.86. The number of carboxylic acid groups (broad SMARTS) is 1. The molecule has 0 bridgehead atoms. The molecule has 0 unspecified atom stereocenters. The van der Waals surface area contributed by atoms with E-state index in [1.807, 2.05) is 51.1 Å². The van der Waals surface area contributed by atoms with Crippen LogP contribution in [0.2, 0.25) is 0 Å². The van der Waals surface area contributed by atoms with E-state index < -0.39 is 18.1 Å². The van der Waals surface area contributed by atoms with Crippen LogP contribution in [-0.4, -0.2) is 46.4 Å². The number of carbonyl (C=O) groups is 2. The Kier molecular flexibility index (Phi) is 8.41. The first kappa shape index (κ1) is 24.7. The summed E-state index contributed by atoms with van der Waals surface area (Å²) in [5, 5.41) is 20.1. The number of carbonyl (C=O) groups excluding carboxylic acids is 1. The lowest BCUT2D eigenvalue weighted by atomic mass is 9.87. The molecule has 3 N–H and O–H groups in total. The Hall–Kier alpha value is -2.97. The lowest BCUT2D eigenvalue weighted by molar-refractivity contribution is -0.133. The number of amides is 1. The molecule has 8 heteroatoms. The number of rotatable bonds is 10. The second kappa shape index (κ2) is 11.2. The van der Waals surface area contributed by atoms with Crippen molar-refractivity contribution in [2.75, 3.05) is 0 Å². The number of ether oxygens (including phenoxy) is 1. The van der Waals surface area contributed by atoms with Gasteiger partial charge in [0, 0.05) is 30.2 Å². The van der Waals surface area contributed by atoms with Crippen LogP contribution in [0.25, 0.3) is 11.3 Å². The zero-order chi connectivity index (χ0) is 24.0. The normalized spacial score (nSPS) is 20.5. The van der Waals surface area contributed by atoms with E-state index in [0.29, 0.717) is 12.3 Å². The lowest BCUT2D eigenvalue weighted by Crippen LogP contribution is -2.58. The van der Waals surface area contributed by atoms with Crippen LogP contribution in [0.3, 0.4) is 0 Å². The van der Waals surface area contributed by atoms with Crippen molar-refractivity contribution in [3.63, 3.8) is 0 Å². The Bertz CT molecular complexity index is 978. The number of nitrogens with one attached hydrogen (secondary N) is 2. The van der Waals surface area contributed by atoms with Gasteiger partial charge in [-0.05, 0) is 32.3 Å². The standard InChI is InChI=1S/C25H33N3O5/c1-5-19(6-2)32-23-12-18(25(30)31)11-22(24(23)27-16(4)29)26-14-20-13-21(28-33-20)17-9-7-15(3)8-10-17/h7-10,12-13,19,22-24,26H,5-6,11,14H2,1-4H3,(H,27,29)(H,30,31)/t22-,23+,24+/m0/s1. The third-order valence-electron chi connectivity index (χ3n) is 5.94. The Morgan fingerprint density at radius 2 is 1.94 bits per heavy atom. The predicted molar refractivity (Wildman–Crippen MR) is 124 cm³/mol. The van der Waals surface area contributed by atoms with Gasteiger partial charge in [-0.25, -0.2) is 4.79 Å². The third-order valence-corrected chi connectivity index (χ3v) is 5.94. The molecule has 0 fully saturated rings. The number of hydrogen-bond donors (Lipinski definition) is 3. The number of benzene rings is 1. The topological polar surface area (TPSA) is 114 Å². The van der Waals surface area contributed by atoms with Crippen molar-refractivity contribution in [1.82, 2.24) is 15.8 Å². The van der Waals surface area contributed by atoms with Crippen molar-refractivity contribution in [2.45, 2.75) is 77.8 Å². The summed E-state index contributed by atoms with van der Waals surface area (Å²) >= 11 is 0. The van der Waals surface area contributed by atoms with Gasteiger partial charge in [0.1, 0.15) is 5.69 Å². The lowest BCUT2D eigenvalue weighted by Gasteiger charge is -2.38. The minimum absolute atomic E-state index is 0.0253. The van der Waals surface area contributed by atoms with Gasteiger partial charge in [-0.2, -0.15) is 0 Å². The molecule has 1 aromatic heterocycles. The largest absolute Gasteiger partial charge is 0.478 e. The van der Waals surface area contributed by atoms with Gasteiger partial charge >= 0.3 is 5.97 Å². The molecule has 1 amide bonds. The fraction of sp³-hybridized carbons (Fsp3) is 0.480. The molecule has 0 radical (unpaired) electrons. The predicted octanol–water partition coefficient (Wildman–Crippen LogP) is 3.60. The maximum atomic E-state index is 11.9. The molecule has 1 aromatic carbocycles. The van der Waals surface area contributed by atoms with Crippen molar-refractivity contribution in [3.05, 3.63) is 53.3 Å². The molecule has 1 aliphatic carbocycles. The third kappa shape index (κ3) is 6.52. The molecule has 2 aromatic rings. The Labute approximate surface area is 194 Å². The minimum Gasteiger partial charge on any atom is -0.478 e. The van der Waals surface area contributed by atoms with E-state index in [9.17, 15) is 14.7 Å². The van der Waals surface area contributed by atoms with E-state index in [1.165, 1.54) is 6.92 Å². The first-order valence-corrected chi connectivity index (χ1v) is 11.4. The molecule has 0 saturated carbocycles. The highest BCUT2D eigenvalue weighted by molar-refractivity contribution is 5.87. The molecule has 8 nitrogen and oxygen atoms in total. The average Bonchev–Trinajstić information content (AvgIpc) is 3.26.